The Labute approximate surface area is 84.1 Å². The fourth-order valence-corrected chi connectivity index (χ4v) is 2.55. The van der Waals surface area contributed by atoms with Gasteiger partial charge in [0.2, 0.25) is 0 Å². The molecule has 1 aliphatic rings. The van der Waals surface area contributed by atoms with Crippen LogP contribution in [0.4, 0.5) is 0 Å². The van der Waals surface area contributed by atoms with Crippen LogP contribution in [0.3, 0.4) is 0 Å². The molecule has 0 saturated carbocycles. The Morgan fingerprint density at radius 2 is 2.25 bits per heavy atom. The highest BCUT2D eigenvalue weighted by Gasteiger charge is 2.17. The lowest BCUT2D eigenvalue weighted by Gasteiger charge is -2.19. The Balaban J connectivity index is 2.08. The highest BCUT2D eigenvalue weighted by Crippen LogP contribution is 2.29. The van der Waals surface area contributed by atoms with Gasteiger partial charge in [-0.1, -0.05) is 0 Å². The number of thiazole rings is 1. The number of aromatic nitrogens is 1. The second-order valence-electron chi connectivity index (χ2n) is 2.91. The van der Waals surface area contributed by atoms with Crippen LogP contribution in [0.1, 0.15) is 24.5 Å². The molecule has 0 unspecified atom stereocenters. The second kappa shape index (κ2) is 3.85. The molecule has 1 fully saturated rings. The number of hydrogen-bond donors (Lipinski definition) is 0. The zero-order chi connectivity index (χ0) is 8.39. The van der Waals surface area contributed by atoms with E-state index in [1.54, 1.807) is 11.3 Å². The minimum Gasteiger partial charge on any atom is -0.381 e. The van der Waals surface area contributed by atoms with E-state index in [1.807, 2.05) is 0 Å². The van der Waals surface area contributed by atoms with Gasteiger partial charge in [0, 0.05) is 24.5 Å². The molecule has 1 aromatic rings. The van der Waals surface area contributed by atoms with E-state index in [0.717, 1.165) is 30.0 Å². The third-order valence-corrected chi connectivity index (χ3v) is 3.52. The van der Waals surface area contributed by atoms with Gasteiger partial charge in [0.15, 0.2) is 3.92 Å². The Morgan fingerprint density at radius 3 is 2.83 bits per heavy atom. The van der Waals surface area contributed by atoms with E-state index in [2.05, 4.69) is 26.3 Å². The molecule has 1 saturated heterocycles. The number of rotatable bonds is 1. The summed E-state index contributed by atoms with van der Waals surface area (Å²) in [5.41, 5.74) is 1.23. The molecule has 0 spiro atoms. The van der Waals surface area contributed by atoms with Gasteiger partial charge < -0.3 is 4.74 Å². The van der Waals surface area contributed by atoms with Crippen LogP contribution in [0.5, 0.6) is 0 Å². The van der Waals surface area contributed by atoms with Gasteiger partial charge in [0.25, 0.3) is 0 Å². The Kier molecular flexibility index (Phi) is 2.78. The molecule has 0 radical (unpaired) electrons. The quantitative estimate of drug-likeness (QED) is 0.762. The summed E-state index contributed by atoms with van der Waals surface area (Å²) in [6.45, 7) is 1.78. The molecular weight excluding hydrogens is 238 g/mol. The molecule has 0 aromatic carbocycles. The van der Waals surface area contributed by atoms with Gasteiger partial charge >= 0.3 is 0 Å². The third kappa shape index (κ3) is 1.87. The van der Waals surface area contributed by atoms with Crippen LogP contribution >= 0.6 is 27.3 Å². The molecule has 1 aromatic heterocycles. The maximum atomic E-state index is 5.29. The SMILES string of the molecule is Brc1nc(C2CCOCC2)cs1. The molecular formula is C8H10BrNOS. The Bertz CT molecular complexity index is 257. The number of hydrogen-bond acceptors (Lipinski definition) is 3. The molecule has 0 aliphatic carbocycles. The van der Waals surface area contributed by atoms with Crippen molar-refractivity contribution in [2.75, 3.05) is 13.2 Å². The summed E-state index contributed by atoms with van der Waals surface area (Å²) in [5, 5.41) is 2.14. The van der Waals surface area contributed by atoms with Crippen LogP contribution in [-0.4, -0.2) is 18.2 Å². The fraction of sp³-hybridized carbons (Fsp3) is 0.625. The van der Waals surface area contributed by atoms with E-state index >= 15 is 0 Å². The standard InChI is InChI=1S/C8H10BrNOS/c9-8-10-7(5-12-8)6-1-3-11-4-2-6/h5-6H,1-4H2. The van der Waals surface area contributed by atoms with E-state index in [0.29, 0.717) is 5.92 Å². The minimum absolute atomic E-state index is 0.626. The molecule has 0 bridgehead atoms. The van der Waals surface area contributed by atoms with E-state index in [1.165, 1.54) is 5.69 Å². The summed E-state index contributed by atoms with van der Waals surface area (Å²) in [7, 11) is 0. The van der Waals surface area contributed by atoms with Crippen LogP contribution in [0.2, 0.25) is 0 Å². The normalized spacial score (nSPS) is 19.8. The van der Waals surface area contributed by atoms with Crippen molar-refractivity contribution >= 4 is 27.3 Å². The van der Waals surface area contributed by atoms with E-state index < -0.39 is 0 Å². The number of ether oxygens (including phenoxy) is 1. The zero-order valence-electron chi connectivity index (χ0n) is 6.62. The van der Waals surface area contributed by atoms with Gasteiger partial charge in [-0.05, 0) is 28.8 Å². The second-order valence-corrected chi connectivity index (χ2v) is 5.05. The van der Waals surface area contributed by atoms with Crippen LogP contribution in [0.25, 0.3) is 0 Å². The monoisotopic (exact) mass is 247 g/mol. The highest BCUT2D eigenvalue weighted by molar-refractivity contribution is 9.11. The molecule has 2 rings (SSSR count). The van der Waals surface area contributed by atoms with Crippen molar-refractivity contribution in [2.24, 2.45) is 0 Å². The van der Waals surface area contributed by atoms with E-state index in [-0.39, 0.29) is 0 Å². The highest BCUT2D eigenvalue weighted by atomic mass is 79.9. The summed E-state index contributed by atoms with van der Waals surface area (Å²) < 4.78 is 6.28. The van der Waals surface area contributed by atoms with Gasteiger partial charge in [0.1, 0.15) is 0 Å². The first-order valence-electron chi connectivity index (χ1n) is 4.05. The predicted octanol–water partition coefficient (Wildman–Crippen LogP) is 2.80. The van der Waals surface area contributed by atoms with Gasteiger partial charge in [0.05, 0.1) is 5.69 Å². The lowest BCUT2D eigenvalue weighted by atomic mass is 9.98. The first-order valence-corrected chi connectivity index (χ1v) is 5.72. The Morgan fingerprint density at radius 1 is 1.50 bits per heavy atom. The molecule has 2 nitrogen and oxygen atoms in total. The number of halogens is 1. The predicted molar refractivity (Wildman–Crippen MR) is 52.6 cm³/mol. The largest absolute Gasteiger partial charge is 0.381 e. The fourth-order valence-electron chi connectivity index (χ4n) is 1.44. The smallest absolute Gasteiger partial charge is 0.159 e. The van der Waals surface area contributed by atoms with Crippen LogP contribution in [0, 0.1) is 0 Å². The van der Waals surface area contributed by atoms with Gasteiger partial charge in [-0.25, -0.2) is 4.98 Å². The first-order chi connectivity index (χ1) is 5.86. The summed E-state index contributed by atoms with van der Waals surface area (Å²) in [6, 6.07) is 0. The average Bonchev–Trinajstić information content (AvgIpc) is 2.54. The molecule has 1 aliphatic heterocycles. The topological polar surface area (TPSA) is 22.1 Å². The van der Waals surface area contributed by atoms with Crippen molar-refractivity contribution in [3.63, 3.8) is 0 Å². The molecule has 4 heteroatoms. The average molecular weight is 248 g/mol. The van der Waals surface area contributed by atoms with Crippen molar-refractivity contribution in [2.45, 2.75) is 18.8 Å². The molecule has 66 valence electrons. The van der Waals surface area contributed by atoms with Crippen LogP contribution in [-0.2, 0) is 4.74 Å². The maximum absolute atomic E-state index is 5.29. The summed E-state index contributed by atoms with van der Waals surface area (Å²) in [6.07, 6.45) is 2.24. The zero-order valence-corrected chi connectivity index (χ0v) is 9.03. The van der Waals surface area contributed by atoms with Crippen molar-refractivity contribution in [3.05, 3.63) is 15.0 Å². The summed E-state index contributed by atoms with van der Waals surface area (Å²) in [4.78, 5) is 4.41. The molecule has 0 amide bonds. The van der Waals surface area contributed by atoms with Crippen molar-refractivity contribution in [3.8, 4) is 0 Å². The minimum atomic E-state index is 0.626. The van der Waals surface area contributed by atoms with E-state index in [9.17, 15) is 0 Å². The first kappa shape index (κ1) is 8.66. The third-order valence-electron chi connectivity index (χ3n) is 2.13. The van der Waals surface area contributed by atoms with Gasteiger partial charge in [-0.15, -0.1) is 11.3 Å². The van der Waals surface area contributed by atoms with Crippen molar-refractivity contribution in [1.82, 2.24) is 4.98 Å². The van der Waals surface area contributed by atoms with Crippen molar-refractivity contribution < 1.29 is 4.74 Å². The lowest BCUT2D eigenvalue weighted by Crippen LogP contribution is -2.14. The molecule has 0 N–H and O–H groups in total. The van der Waals surface area contributed by atoms with Gasteiger partial charge in [-0.2, -0.15) is 0 Å². The van der Waals surface area contributed by atoms with Crippen LogP contribution in [0.15, 0.2) is 9.30 Å². The van der Waals surface area contributed by atoms with Crippen LogP contribution < -0.4 is 0 Å². The van der Waals surface area contributed by atoms with Crippen molar-refractivity contribution in [1.29, 1.82) is 0 Å². The molecule has 12 heavy (non-hydrogen) atoms. The Hall–Kier alpha value is 0.0700. The van der Waals surface area contributed by atoms with E-state index in [4.69, 9.17) is 4.74 Å². The van der Waals surface area contributed by atoms with Gasteiger partial charge in [-0.3, -0.25) is 0 Å². The summed E-state index contributed by atoms with van der Waals surface area (Å²) >= 11 is 5.04. The lowest BCUT2D eigenvalue weighted by molar-refractivity contribution is 0.0846. The summed E-state index contributed by atoms with van der Waals surface area (Å²) in [5.74, 6) is 0.626. The maximum Gasteiger partial charge on any atom is 0.159 e. The molecule has 2 heterocycles. The molecule has 0 atom stereocenters. The number of nitrogens with zero attached hydrogens (tertiary/aromatic N) is 1.